The van der Waals surface area contributed by atoms with E-state index in [4.69, 9.17) is 0 Å². The van der Waals surface area contributed by atoms with Gasteiger partial charge in [-0.25, -0.2) is 0 Å². The SMILES string of the molecule is Cc1ccc(C[C@@H](CC(=O)O)NC(=O)Cc2ccc3ccccc3c2)cc1. The van der Waals surface area contributed by atoms with Gasteiger partial charge in [0.25, 0.3) is 0 Å². The van der Waals surface area contributed by atoms with E-state index in [2.05, 4.69) is 5.32 Å². The number of carbonyl (C=O) groups excluding carboxylic acids is 1. The van der Waals surface area contributed by atoms with E-state index in [9.17, 15) is 14.7 Å². The van der Waals surface area contributed by atoms with Gasteiger partial charge in [-0.1, -0.05) is 72.3 Å². The molecule has 0 aromatic heterocycles. The van der Waals surface area contributed by atoms with Crippen molar-refractivity contribution in [2.24, 2.45) is 0 Å². The van der Waals surface area contributed by atoms with Crippen molar-refractivity contribution in [2.45, 2.75) is 32.2 Å². The van der Waals surface area contributed by atoms with Crippen LogP contribution in [-0.4, -0.2) is 23.0 Å². The number of hydrogen-bond donors (Lipinski definition) is 2. The molecule has 2 N–H and O–H groups in total. The van der Waals surface area contributed by atoms with Crippen molar-refractivity contribution in [3.8, 4) is 0 Å². The van der Waals surface area contributed by atoms with E-state index in [0.29, 0.717) is 6.42 Å². The molecule has 3 aromatic rings. The third-order valence-corrected chi connectivity index (χ3v) is 4.57. The van der Waals surface area contributed by atoms with Crippen LogP contribution in [0, 0.1) is 6.92 Å². The predicted molar refractivity (Wildman–Crippen MR) is 107 cm³/mol. The highest BCUT2D eigenvalue weighted by Crippen LogP contribution is 2.16. The monoisotopic (exact) mass is 361 g/mol. The molecule has 0 spiro atoms. The summed E-state index contributed by atoms with van der Waals surface area (Å²) in [5, 5.41) is 14.3. The number of carboxylic acids is 1. The molecule has 3 aromatic carbocycles. The van der Waals surface area contributed by atoms with Crippen molar-refractivity contribution in [2.75, 3.05) is 0 Å². The van der Waals surface area contributed by atoms with Gasteiger partial charge in [0.05, 0.1) is 12.8 Å². The van der Waals surface area contributed by atoms with Crippen LogP contribution in [0.3, 0.4) is 0 Å². The molecule has 0 radical (unpaired) electrons. The standard InChI is InChI=1S/C23H23NO3/c1-16-6-8-17(9-7-16)13-21(15-23(26)27)24-22(25)14-18-10-11-19-4-2-3-5-20(19)12-18/h2-12,21H,13-15H2,1H3,(H,24,25)(H,26,27)/t21-/m0/s1. The smallest absolute Gasteiger partial charge is 0.305 e. The summed E-state index contributed by atoms with van der Waals surface area (Å²) in [6, 6.07) is 21.4. The first-order valence-corrected chi connectivity index (χ1v) is 9.04. The second-order valence-corrected chi connectivity index (χ2v) is 6.91. The molecule has 0 heterocycles. The average Bonchev–Trinajstić information content (AvgIpc) is 2.63. The zero-order valence-electron chi connectivity index (χ0n) is 15.3. The molecule has 4 heteroatoms. The fourth-order valence-corrected chi connectivity index (χ4v) is 3.21. The minimum atomic E-state index is -0.918. The molecular formula is C23H23NO3. The minimum absolute atomic E-state index is 0.0999. The first-order valence-electron chi connectivity index (χ1n) is 9.04. The van der Waals surface area contributed by atoms with Crippen LogP contribution in [0.25, 0.3) is 10.8 Å². The first kappa shape index (κ1) is 18.6. The molecule has 4 nitrogen and oxygen atoms in total. The molecular weight excluding hydrogens is 338 g/mol. The van der Waals surface area contributed by atoms with Crippen LogP contribution in [0.1, 0.15) is 23.1 Å². The number of amides is 1. The van der Waals surface area contributed by atoms with Crippen LogP contribution in [-0.2, 0) is 22.4 Å². The summed E-state index contributed by atoms with van der Waals surface area (Å²) in [4.78, 5) is 23.7. The van der Waals surface area contributed by atoms with Crippen LogP contribution >= 0.6 is 0 Å². The summed E-state index contributed by atoms with van der Waals surface area (Å²) in [6.07, 6.45) is 0.627. The van der Waals surface area contributed by atoms with E-state index < -0.39 is 12.0 Å². The van der Waals surface area contributed by atoms with E-state index >= 15 is 0 Å². The number of rotatable bonds is 7. The molecule has 138 valence electrons. The Morgan fingerprint density at radius 3 is 2.30 bits per heavy atom. The van der Waals surface area contributed by atoms with Gasteiger partial charge in [0.15, 0.2) is 0 Å². The average molecular weight is 361 g/mol. The van der Waals surface area contributed by atoms with Gasteiger partial charge < -0.3 is 10.4 Å². The highest BCUT2D eigenvalue weighted by molar-refractivity contribution is 5.85. The second-order valence-electron chi connectivity index (χ2n) is 6.91. The van der Waals surface area contributed by atoms with Crippen molar-refractivity contribution < 1.29 is 14.7 Å². The van der Waals surface area contributed by atoms with Gasteiger partial charge in [0.2, 0.25) is 5.91 Å². The largest absolute Gasteiger partial charge is 0.481 e. The number of carboxylic acid groups (broad SMARTS) is 1. The summed E-state index contributed by atoms with van der Waals surface area (Å²) in [5.41, 5.74) is 3.07. The lowest BCUT2D eigenvalue weighted by Gasteiger charge is -2.17. The Bertz CT molecular complexity index is 947. The van der Waals surface area contributed by atoms with Gasteiger partial charge in [0, 0.05) is 6.04 Å². The lowest BCUT2D eigenvalue weighted by Crippen LogP contribution is -2.38. The molecule has 0 saturated carbocycles. The number of carbonyl (C=O) groups is 2. The van der Waals surface area contributed by atoms with Gasteiger partial charge >= 0.3 is 5.97 Å². The zero-order chi connectivity index (χ0) is 19.2. The van der Waals surface area contributed by atoms with E-state index in [1.165, 1.54) is 0 Å². The van der Waals surface area contributed by atoms with Crippen LogP contribution in [0.5, 0.6) is 0 Å². The van der Waals surface area contributed by atoms with Crippen molar-refractivity contribution in [1.29, 1.82) is 0 Å². The van der Waals surface area contributed by atoms with Crippen molar-refractivity contribution >= 4 is 22.6 Å². The Hall–Kier alpha value is -3.14. The maximum atomic E-state index is 12.5. The van der Waals surface area contributed by atoms with E-state index in [1.807, 2.05) is 73.7 Å². The summed E-state index contributed by atoms with van der Waals surface area (Å²) in [5.74, 6) is -1.08. The van der Waals surface area contributed by atoms with Crippen LogP contribution in [0.2, 0.25) is 0 Å². The third kappa shape index (κ3) is 5.42. The normalized spacial score (nSPS) is 11.9. The highest BCUT2D eigenvalue weighted by Gasteiger charge is 2.17. The number of aryl methyl sites for hydroxylation is 1. The van der Waals surface area contributed by atoms with Crippen LogP contribution in [0.15, 0.2) is 66.7 Å². The van der Waals surface area contributed by atoms with Crippen LogP contribution < -0.4 is 5.32 Å². The molecule has 0 aliphatic carbocycles. The van der Waals surface area contributed by atoms with Crippen molar-refractivity contribution in [3.05, 3.63) is 83.4 Å². The molecule has 0 aliphatic rings. The molecule has 0 saturated heterocycles. The molecule has 0 unspecified atom stereocenters. The van der Waals surface area contributed by atoms with Gasteiger partial charge in [-0.05, 0) is 35.2 Å². The number of hydrogen-bond acceptors (Lipinski definition) is 2. The number of aliphatic carboxylic acids is 1. The van der Waals surface area contributed by atoms with Crippen molar-refractivity contribution in [3.63, 3.8) is 0 Å². The van der Waals surface area contributed by atoms with Gasteiger partial charge in [-0.2, -0.15) is 0 Å². The summed E-state index contributed by atoms with van der Waals surface area (Å²) >= 11 is 0. The van der Waals surface area contributed by atoms with Gasteiger partial charge in [-0.15, -0.1) is 0 Å². The fraction of sp³-hybridized carbons (Fsp3) is 0.217. The number of nitrogens with one attached hydrogen (secondary N) is 1. The van der Waals surface area contributed by atoms with Crippen molar-refractivity contribution in [1.82, 2.24) is 5.32 Å². The Morgan fingerprint density at radius 1 is 0.926 bits per heavy atom. The number of fused-ring (bicyclic) bond motifs is 1. The van der Waals surface area contributed by atoms with E-state index in [1.54, 1.807) is 0 Å². The lowest BCUT2D eigenvalue weighted by atomic mass is 10.0. The Morgan fingerprint density at radius 2 is 1.59 bits per heavy atom. The summed E-state index contributed by atoms with van der Waals surface area (Å²) in [7, 11) is 0. The van der Waals surface area contributed by atoms with Gasteiger partial charge in [-0.3, -0.25) is 9.59 Å². The summed E-state index contributed by atoms with van der Waals surface area (Å²) in [6.45, 7) is 2.00. The third-order valence-electron chi connectivity index (χ3n) is 4.57. The zero-order valence-corrected chi connectivity index (χ0v) is 15.3. The fourth-order valence-electron chi connectivity index (χ4n) is 3.21. The first-order chi connectivity index (χ1) is 13.0. The molecule has 1 amide bonds. The number of benzene rings is 3. The summed E-state index contributed by atoms with van der Waals surface area (Å²) < 4.78 is 0. The maximum absolute atomic E-state index is 12.5. The lowest BCUT2D eigenvalue weighted by molar-refractivity contribution is -0.137. The molecule has 1 atom stereocenters. The quantitative estimate of drug-likeness (QED) is 0.671. The maximum Gasteiger partial charge on any atom is 0.305 e. The molecule has 0 bridgehead atoms. The van der Waals surface area contributed by atoms with Gasteiger partial charge in [0.1, 0.15) is 0 Å². The highest BCUT2D eigenvalue weighted by atomic mass is 16.4. The molecule has 0 aliphatic heterocycles. The molecule has 27 heavy (non-hydrogen) atoms. The Balaban J connectivity index is 1.67. The second kappa shape index (κ2) is 8.49. The van der Waals surface area contributed by atoms with E-state index in [0.717, 1.165) is 27.5 Å². The van der Waals surface area contributed by atoms with E-state index in [-0.39, 0.29) is 18.7 Å². The Labute approximate surface area is 158 Å². The molecule has 0 fully saturated rings. The molecule has 3 rings (SSSR count). The predicted octanol–water partition coefficient (Wildman–Crippen LogP) is 3.89. The minimum Gasteiger partial charge on any atom is -0.481 e. The van der Waals surface area contributed by atoms with Crippen LogP contribution in [0.4, 0.5) is 0 Å². The topological polar surface area (TPSA) is 66.4 Å². The Kier molecular flexibility index (Phi) is 5.87.